The number of piperidine rings is 1. The molecule has 6 nitrogen and oxygen atoms in total. The molecule has 0 atom stereocenters. The molecule has 2 aromatic rings. The summed E-state index contributed by atoms with van der Waals surface area (Å²) >= 11 is 0. The predicted molar refractivity (Wildman–Crippen MR) is 114 cm³/mol. The number of ketones is 1. The highest BCUT2D eigenvalue weighted by Crippen LogP contribution is 2.38. The van der Waals surface area contributed by atoms with Crippen LogP contribution in [0.4, 0.5) is 5.69 Å². The molecule has 1 fully saturated rings. The normalized spacial score (nSPS) is 17.9. The van der Waals surface area contributed by atoms with Crippen molar-refractivity contribution in [3.8, 4) is 5.75 Å². The smallest absolute Gasteiger partial charge is 0.271 e. The minimum Gasteiger partial charge on any atom is -0.476 e. The third kappa shape index (κ3) is 3.82. The molecule has 0 saturated carbocycles. The van der Waals surface area contributed by atoms with E-state index >= 15 is 0 Å². The molecular weight excluding hydrogens is 380 g/mol. The van der Waals surface area contributed by atoms with E-state index in [2.05, 4.69) is 0 Å². The summed E-state index contributed by atoms with van der Waals surface area (Å²) in [5.74, 6) is -0.0259. The fraction of sp³-hybridized carbons (Fsp3) is 0.375. The van der Waals surface area contributed by atoms with Gasteiger partial charge in [0, 0.05) is 24.2 Å². The van der Waals surface area contributed by atoms with Crippen molar-refractivity contribution in [3.05, 3.63) is 59.7 Å². The SMILES string of the molecule is CC1(C)Oc2ccc(C(=O)N3CCCCC3)cc2N(CC(=O)c2ccccc2)C1=O. The van der Waals surface area contributed by atoms with Gasteiger partial charge in [-0.2, -0.15) is 0 Å². The van der Waals surface area contributed by atoms with Gasteiger partial charge in [0.1, 0.15) is 5.75 Å². The van der Waals surface area contributed by atoms with Gasteiger partial charge in [0.05, 0.1) is 12.2 Å². The first-order valence-corrected chi connectivity index (χ1v) is 10.4. The average Bonchev–Trinajstić information content (AvgIpc) is 2.77. The number of hydrogen-bond donors (Lipinski definition) is 0. The van der Waals surface area contributed by atoms with Gasteiger partial charge in [0.25, 0.3) is 11.8 Å². The van der Waals surface area contributed by atoms with Gasteiger partial charge in [0.2, 0.25) is 0 Å². The van der Waals surface area contributed by atoms with Crippen LogP contribution in [0.2, 0.25) is 0 Å². The maximum atomic E-state index is 13.1. The number of Topliss-reactive ketones (excluding diaryl/α,β-unsaturated/α-hetero) is 1. The molecule has 2 aliphatic heterocycles. The zero-order chi connectivity index (χ0) is 21.3. The number of ether oxygens (including phenoxy) is 1. The molecule has 2 amide bonds. The van der Waals surface area contributed by atoms with Crippen LogP contribution in [0.15, 0.2) is 48.5 Å². The molecule has 4 rings (SSSR count). The van der Waals surface area contributed by atoms with Crippen LogP contribution >= 0.6 is 0 Å². The summed E-state index contributed by atoms with van der Waals surface area (Å²) in [5.41, 5.74) is 0.412. The van der Waals surface area contributed by atoms with E-state index in [1.165, 1.54) is 4.90 Å². The molecule has 30 heavy (non-hydrogen) atoms. The van der Waals surface area contributed by atoms with Gasteiger partial charge in [0.15, 0.2) is 11.4 Å². The lowest BCUT2D eigenvalue weighted by Gasteiger charge is -2.38. The quantitative estimate of drug-likeness (QED) is 0.726. The largest absolute Gasteiger partial charge is 0.476 e. The number of fused-ring (bicyclic) bond motifs is 1. The molecule has 0 aliphatic carbocycles. The zero-order valence-corrected chi connectivity index (χ0v) is 17.4. The molecule has 0 radical (unpaired) electrons. The molecular formula is C24H26N2O4. The predicted octanol–water partition coefficient (Wildman–Crippen LogP) is 3.70. The van der Waals surface area contributed by atoms with Crippen molar-refractivity contribution in [2.45, 2.75) is 38.7 Å². The Kier molecular flexibility index (Phi) is 5.33. The molecule has 0 N–H and O–H groups in total. The molecule has 0 spiro atoms. The van der Waals surface area contributed by atoms with Gasteiger partial charge in [-0.05, 0) is 51.3 Å². The van der Waals surface area contributed by atoms with E-state index < -0.39 is 5.60 Å². The second kappa shape index (κ2) is 7.94. The summed E-state index contributed by atoms with van der Waals surface area (Å²) in [6, 6.07) is 14.0. The average molecular weight is 406 g/mol. The fourth-order valence-electron chi connectivity index (χ4n) is 4.00. The van der Waals surface area contributed by atoms with Crippen LogP contribution in [0.3, 0.4) is 0 Å². The number of likely N-dealkylation sites (tertiary alicyclic amines) is 1. The topological polar surface area (TPSA) is 66.9 Å². The zero-order valence-electron chi connectivity index (χ0n) is 17.4. The van der Waals surface area contributed by atoms with Crippen LogP contribution in [-0.2, 0) is 4.79 Å². The van der Waals surface area contributed by atoms with Crippen LogP contribution in [-0.4, -0.2) is 47.7 Å². The van der Waals surface area contributed by atoms with E-state index in [0.29, 0.717) is 22.6 Å². The van der Waals surface area contributed by atoms with E-state index in [1.807, 2.05) is 11.0 Å². The highest BCUT2D eigenvalue weighted by molar-refractivity contribution is 6.10. The first kappa shape index (κ1) is 20.1. The molecule has 2 aliphatic rings. The molecule has 0 bridgehead atoms. The van der Waals surface area contributed by atoms with Gasteiger partial charge in [-0.3, -0.25) is 19.3 Å². The summed E-state index contributed by atoms with van der Waals surface area (Å²) < 4.78 is 5.90. The third-order valence-corrected chi connectivity index (χ3v) is 5.66. The molecule has 1 saturated heterocycles. The Balaban J connectivity index is 1.67. The number of hydrogen-bond acceptors (Lipinski definition) is 4. The summed E-state index contributed by atoms with van der Waals surface area (Å²) in [6.07, 6.45) is 3.15. The number of carbonyl (C=O) groups excluding carboxylic acids is 3. The van der Waals surface area contributed by atoms with Gasteiger partial charge in [-0.25, -0.2) is 0 Å². The Hall–Kier alpha value is -3.15. The fourth-order valence-corrected chi connectivity index (χ4v) is 4.00. The number of rotatable bonds is 4. The molecule has 0 aromatic heterocycles. The van der Waals surface area contributed by atoms with E-state index in [9.17, 15) is 14.4 Å². The Bertz CT molecular complexity index is 978. The molecule has 2 aromatic carbocycles. The third-order valence-electron chi connectivity index (χ3n) is 5.66. The van der Waals surface area contributed by atoms with Gasteiger partial charge in [-0.1, -0.05) is 30.3 Å². The highest BCUT2D eigenvalue weighted by atomic mass is 16.5. The minimum absolute atomic E-state index is 0.0517. The van der Waals surface area contributed by atoms with Crippen molar-refractivity contribution in [1.29, 1.82) is 0 Å². The summed E-state index contributed by atoms with van der Waals surface area (Å²) in [5, 5.41) is 0. The van der Waals surface area contributed by atoms with Gasteiger partial charge < -0.3 is 9.64 Å². The van der Waals surface area contributed by atoms with Crippen molar-refractivity contribution >= 4 is 23.3 Å². The maximum absolute atomic E-state index is 13.1. The standard InChI is InChI=1S/C24H26N2O4/c1-24(2)23(29)26(16-20(27)17-9-5-3-6-10-17)19-15-18(11-12-21(19)30-24)22(28)25-13-7-4-8-14-25/h3,5-6,9-12,15H,4,7-8,13-14,16H2,1-2H3. The molecule has 156 valence electrons. The Morgan fingerprint density at radius 3 is 2.37 bits per heavy atom. The molecule has 6 heteroatoms. The van der Waals surface area contributed by atoms with E-state index in [4.69, 9.17) is 4.74 Å². The Labute approximate surface area is 176 Å². The number of nitrogens with zero attached hydrogens (tertiary/aromatic N) is 2. The minimum atomic E-state index is -1.09. The van der Waals surface area contributed by atoms with Crippen molar-refractivity contribution in [2.24, 2.45) is 0 Å². The van der Waals surface area contributed by atoms with E-state index in [1.54, 1.807) is 56.3 Å². The number of benzene rings is 2. The Morgan fingerprint density at radius 1 is 0.967 bits per heavy atom. The summed E-state index contributed by atoms with van der Waals surface area (Å²) in [6.45, 7) is 4.75. The Morgan fingerprint density at radius 2 is 1.67 bits per heavy atom. The van der Waals surface area contributed by atoms with E-state index in [0.717, 1.165) is 32.4 Å². The molecule has 2 heterocycles. The van der Waals surface area contributed by atoms with Crippen LogP contribution in [0.5, 0.6) is 5.75 Å². The second-order valence-corrected chi connectivity index (χ2v) is 8.33. The van der Waals surface area contributed by atoms with Gasteiger partial charge in [-0.15, -0.1) is 0 Å². The van der Waals surface area contributed by atoms with Crippen molar-refractivity contribution in [1.82, 2.24) is 4.90 Å². The monoisotopic (exact) mass is 406 g/mol. The highest BCUT2D eigenvalue weighted by Gasteiger charge is 2.42. The lowest BCUT2D eigenvalue weighted by Crippen LogP contribution is -2.54. The van der Waals surface area contributed by atoms with Crippen molar-refractivity contribution in [2.75, 3.05) is 24.5 Å². The van der Waals surface area contributed by atoms with Crippen LogP contribution < -0.4 is 9.64 Å². The summed E-state index contributed by atoms with van der Waals surface area (Å²) in [7, 11) is 0. The van der Waals surface area contributed by atoms with Crippen molar-refractivity contribution < 1.29 is 19.1 Å². The maximum Gasteiger partial charge on any atom is 0.271 e. The van der Waals surface area contributed by atoms with Crippen LogP contribution in [0.1, 0.15) is 53.8 Å². The number of carbonyl (C=O) groups is 3. The second-order valence-electron chi connectivity index (χ2n) is 8.33. The molecule has 0 unspecified atom stereocenters. The lowest BCUT2D eigenvalue weighted by molar-refractivity contribution is -0.132. The first-order valence-electron chi connectivity index (χ1n) is 10.4. The summed E-state index contributed by atoms with van der Waals surface area (Å²) in [4.78, 5) is 42.2. The van der Waals surface area contributed by atoms with E-state index in [-0.39, 0.29) is 24.1 Å². The number of amides is 2. The van der Waals surface area contributed by atoms with Crippen molar-refractivity contribution in [3.63, 3.8) is 0 Å². The lowest BCUT2D eigenvalue weighted by atomic mass is 10.0. The van der Waals surface area contributed by atoms with Gasteiger partial charge >= 0.3 is 0 Å². The van der Waals surface area contributed by atoms with Crippen LogP contribution in [0.25, 0.3) is 0 Å². The first-order chi connectivity index (χ1) is 14.4. The number of anilines is 1. The van der Waals surface area contributed by atoms with Crippen LogP contribution in [0, 0.1) is 0 Å².